The van der Waals surface area contributed by atoms with E-state index >= 15 is 0 Å². The van der Waals surface area contributed by atoms with Crippen LogP contribution in [0, 0.1) is 0 Å². The molecule has 1 heterocycles. The van der Waals surface area contributed by atoms with E-state index in [-0.39, 0.29) is 16.7 Å². The summed E-state index contributed by atoms with van der Waals surface area (Å²) in [4.78, 5) is 15.8. The van der Waals surface area contributed by atoms with Crippen LogP contribution in [-0.4, -0.2) is 35.5 Å². The van der Waals surface area contributed by atoms with E-state index in [0.29, 0.717) is 12.5 Å². The number of hydrogen-bond donors (Lipinski definition) is 2. The minimum atomic E-state index is -0.0807. The highest BCUT2D eigenvalue weighted by atomic mass is 32.2. The third kappa shape index (κ3) is 1.49. The van der Waals surface area contributed by atoms with Crippen molar-refractivity contribution in [3.05, 3.63) is 0 Å². The molecule has 1 saturated carbocycles. The molecular weight excluding hydrogens is 198 g/mol. The zero-order valence-corrected chi connectivity index (χ0v) is 9.28. The summed E-state index contributed by atoms with van der Waals surface area (Å²) in [7, 11) is 0. The summed E-state index contributed by atoms with van der Waals surface area (Å²) >= 11 is 1.78. The molecule has 0 aromatic carbocycles. The van der Waals surface area contributed by atoms with E-state index in [4.69, 9.17) is 0 Å². The molecule has 2 fully saturated rings. The number of rotatable bonds is 3. The van der Waals surface area contributed by atoms with Crippen LogP contribution < -0.4 is 10.6 Å². The lowest BCUT2D eigenvalue weighted by Crippen LogP contribution is -2.40. The largest absolute Gasteiger partial charge is 0.343 e. The van der Waals surface area contributed by atoms with Gasteiger partial charge in [0.1, 0.15) is 6.04 Å². The molecule has 14 heavy (non-hydrogen) atoms. The van der Waals surface area contributed by atoms with Crippen molar-refractivity contribution in [2.75, 3.05) is 12.8 Å². The highest BCUT2D eigenvalue weighted by Gasteiger charge is 2.54. The average Bonchev–Trinajstić information content (AvgIpc) is 2.88. The third-order valence-corrected chi connectivity index (χ3v) is 4.23. The SMILES string of the molecule is CCN=C1NC(=O)C(C2(SC)CC2)N1. The quantitative estimate of drug-likeness (QED) is 0.711. The molecule has 0 aromatic rings. The van der Waals surface area contributed by atoms with Gasteiger partial charge in [0.2, 0.25) is 0 Å². The molecule has 1 unspecified atom stereocenters. The van der Waals surface area contributed by atoms with Gasteiger partial charge < -0.3 is 5.32 Å². The van der Waals surface area contributed by atoms with Gasteiger partial charge in [-0.1, -0.05) is 0 Å². The summed E-state index contributed by atoms with van der Waals surface area (Å²) in [6.45, 7) is 2.65. The minimum absolute atomic E-state index is 0.0732. The second-order valence-corrected chi connectivity index (χ2v) is 4.88. The van der Waals surface area contributed by atoms with Crippen LogP contribution in [0.15, 0.2) is 4.99 Å². The molecule has 1 amide bonds. The number of thioether (sulfide) groups is 1. The highest BCUT2D eigenvalue weighted by Crippen LogP contribution is 2.50. The Morgan fingerprint density at radius 3 is 2.86 bits per heavy atom. The van der Waals surface area contributed by atoms with Gasteiger partial charge in [0, 0.05) is 11.3 Å². The lowest BCUT2D eigenvalue weighted by atomic mass is 10.2. The number of aliphatic imine (C=N–C) groups is 1. The Hall–Kier alpha value is -0.710. The lowest BCUT2D eigenvalue weighted by molar-refractivity contribution is -0.120. The van der Waals surface area contributed by atoms with Gasteiger partial charge in [0.25, 0.3) is 5.91 Å². The van der Waals surface area contributed by atoms with E-state index in [9.17, 15) is 4.79 Å². The van der Waals surface area contributed by atoms with Crippen molar-refractivity contribution in [2.45, 2.75) is 30.6 Å². The Morgan fingerprint density at radius 1 is 1.64 bits per heavy atom. The Bertz CT molecular complexity index is 286. The van der Waals surface area contributed by atoms with Crippen LogP contribution in [0.4, 0.5) is 0 Å². The molecule has 2 aliphatic rings. The fraction of sp³-hybridized carbons (Fsp3) is 0.778. The monoisotopic (exact) mass is 213 g/mol. The zero-order valence-electron chi connectivity index (χ0n) is 8.46. The van der Waals surface area contributed by atoms with E-state index < -0.39 is 0 Å². The van der Waals surface area contributed by atoms with Crippen molar-refractivity contribution in [1.82, 2.24) is 10.6 Å². The summed E-state index contributed by atoms with van der Waals surface area (Å²) in [5.74, 6) is 0.715. The predicted molar refractivity (Wildman–Crippen MR) is 58.5 cm³/mol. The number of carbonyl (C=O) groups is 1. The number of nitrogens with one attached hydrogen (secondary N) is 2. The van der Waals surface area contributed by atoms with Crippen molar-refractivity contribution < 1.29 is 4.79 Å². The van der Waals surface area contributed by atoms with Crippen molar-refractivity contribution in [2.24, 2.45) is 4.99 Å². The van der Waals surface area contributed by atoms with Crippen LogP contribution in [0.2, 0.25) is 0 Å². The summed E-state index contributed by atoms with van der Waals surface area (Å²) in [6.07, 6.45) is 4.31. The zero-order chi connectivity index (χ0) is 10.2. The Kier molecular flexibility index (Phi) is 2.43. The van der Waals surface area contributed by atoms with Gasteiger partial charge in [-0.2, -0.15) is 11.8 Å². The molecule has 4 nitrogen and oxygen atoms in total. The van der Waals surface area contributed by atoms with Crippen LogP contribution in [0.5, 0.6) is 0 Å². The van der Waals surface area contributed by atoms with Crippen LogP contribution in [-0.2, 0) is 4.79 Å². The lowest BCUT2D eigenvalue weighted by Gasteiger charge is -2.17. The number of hydrogen-bond acceptors (Lipinski definition) is 3. The highest BCUT2D eigenvalue weighted by molar-refractivity contribution is 8.00. The Morgan fingerprint density at radius 2 is 2.36 bits per heavy atom. The molecule has 2 rings (SSSR count). The van der Waals surface area contributed by atoms with Crippen LogP contribution >= 0.6 is 11.8 Å². The molecular formula is C9H15N3OS. The molecule has 1 saturated heterocycles. The van der Waals surface area contributed by atoms with E-state index in [1.54, 1.807) is 11.8 Å². The first kappa shape index (κ1) is 9.83. The fourth-order valence-electron chi connectivity index (χ4n) is 1.77. The normalized spacial score (nSPS) is 31.4. The van der Waals surface area contributed by atoms with Crippen molar-refractivity contribution in [3.8, 4) is 0 Å². The molecule has 1 aliphatic heterocycles. The van der Waals surface area contributed by atoms with Gasteiger partial charge in [-0.25, -0.2) is 0 Å². The molecule has 5 heteroatoms. The van der Waals surface area contributed by atoms with Gasteiger partial charge >= 0.3 is 0 Å². The van der Waals surface area contributed by atoms with Gasteiger partial charge in [-0.3, -0.25) is 15.1 Å². The number of carbonyl (C=O) groups excluding carboxylic acids is 1. The summed E-state index contributed by atoms with van der Waals surface area (Å²) in [6, 6.07) is -0.0807. The fourth-order valence-corrected chi connectivity index (χ4v) is 2.69. The van der Waals surface area contributed by atoms with Gasteiger partial charge in [-0.15, -0.1) is 0 Å². The predicted octanol–water partition coefficient (Wildman–Crippen LogP) is 0.346. The van der Waals surface area contributed by atoms with Gasteiger partial charge in [0.05, 0.1) is 0 Å². The Balaban J connectivity index is 2.09. The molecule has 0 bridgehead atoms. The minimum Gasteiger partial charge on any atom is -0.343 e. The maximum absolute atomic E-state index is 11.6. The van der Waals surface area contributed by atoms with E-state index in [1.165, 1.54) is 0 Å². The van der Waals surface area contributed by atoms with Crippen LogP contribution in [0.1, 0.15) is 19.8 Å². The second kappa shape index (κ2) is 3.46. The second-order valence-electron chi connectivity index (χ2n) is 3.66. The summed E-state index contributed by atoms with van der Waals surface area (Å²) in [5, 5.41) is 5.94. The average molecular weight is 213 g/mol. The Labute approximate surface area is 87.9 Å². The maximum Gasteiger partial charge on any atom is 0.250 e. The maximum atomic E-state index is 11.6. The molecule has 1 atom stereocenters. The number of amides is 1. The molecule has 0 spiro atoms. The summed E-state index contributed by atoms with van der Waals surface area (Å²) in [5.41, 5.74) is 0. The first-order chi connectivity index (χ1) is 6.72. The molecule has 0 aromatic heterocycles. The van der Waals surface area contributed by atoms with Gasteiger partial charge in [-0.05, 0) is 26.0 Å². The van der Waals surface area contributed by atoms with Gasteiger partial charge in [0.15, 0.2) is 5.96 Å². The molecule has 1 aliphatic carbocycles. The van der Waals surface area contributed by atoms with Crippen molar-refractivity contribution >= 4 is 23.6 Å². The van der Waals surface area contributed by atoms with Crippen molar-refractivity contribution in [1.29, 1.82) is 0 Å². The smallest absolute Gasteiger partial charge is 0.250 e. The van der Waals surface area contributed by atoms with E-state index in [1.807, 2.05) is 6.92 Å². The number of nitrogens with zero attached hydrogens (tertiary/aromatic N) is 1. The molecule has 0 radical (unpaired) electrons. The standard InChI is InChI=1S/C9H15N3OS/c1-3-10-8-11-6(7(13)12-8)9(14-2)4-5-9/h6H,3-5H2,1-2H3,(H2,10,11,12,13). The molecule has 78 valence electrons. The third-order valence-electron chi connectivity index (χ3n) is 2.78. The first-order valence-corrected chi connectivity index (χ1v) is 6.11. The van der Waals surface area contributed by atoms with Crippen molar-refractivity contribution in [3.63, 3.8) is 0 Å². The van der Waals surface area contributed by atoms with E-state index in [0.717, 1.165) is 12.8 Å². The van der Waals surface area contributed by atoms with E-state index in [2.05, 4.69) is 21.9 Å². The molecule has 2 N–H and O–H groups in total. The van der Waals surface area contributed by atoms with Crippen LogP contribution in [0.3, 0.4) is 0 Å². The number of guanidine groups is 1. The first-order valence-electron chi connectivity index (χ1n) is 4.89. The summed E-state index contributed by atoms with van der Waals surface area (Å²) < 4.78 is 0.134. The topological polar surface area (TPSA) is 53.5 Å². The van der Waals surface area contributed by atoms with Crippen LogP contribution in [0.25, 0.3) is 0 Å².